The normalized spacial score (nSPS) is 10.8. The molecule has 0 N–H and O–H groups in total. The number of thiophene rings is 1. The van der Waals surface area contributed by atoms with E-state index in [2.05, 4.69) is 0 Å². The van der Waals surface area contributed by atoms with Crippen LogP contribution in [0, 0.1) is 0 Å². The lowest BCUT2D eigenvalue weighted by molar-refractivity contribution is -0.131. The highest BCUT2D eigenvalue weighted by atomic mass is 35.5. The summed E-state index contributed by atoms with van der Waals surface area (Å²) in [6.45, 7) is 2.10. The van der Waals surface area contributed by atoms with Crippen LogP contribution in [0.5, 0.6) is 11.5 Å². The number of benzene rings is 1. The van der Waals surface area contributed by atoms with Crippen LogP contribution < -0.4 is 9.47 Å². The van der Waals surface area contributed by atoms with Gasteiger partial charge in [0.2, 0.25) is 5.91 Å². The Morgan fingerprint density at radius 1 is 1.12 bits per heavy atom. The van der Waals surface area contributed by atoms with E-state index in [1.807, 2.05) is 48.3 Å². The summed E-state index contributed by atoms with van der Waals surface area (Å²) in [7, 11) is 5.34. The van der Waals surface area contributed by atoms with Crippen LogP contribution in [0.25, 0.3) is 0 Å². The Hall–Kier alpha value is -1.76. The maximum atomic E-state index is 12.3. The molecule has 0 saturated heterocycles. The first kappa shape index (κ1) is 19.6. The van der Waals surface area contributed by atoms with E-state index < -0.39 is 0 Å². The molecule has 1 aromatic carbocycles. The fourth-order valence-electron chi connectivity index (χ4n) is 2.18. The Morgan fingerprint density at radius 3 is 2.40 bits per heavy atom. The molecule has 25 heavy (non-hydrogen) atoms. The molecule has 0 unspecified atom stereocenters. The van der Waals surface area contributed by atoms with Crippen molar-refractivity contribution in [1.29, 1.82) is 0 Å². The van der Waals surface area contributed by atoms with Crippen molar-refractivity contribution >= 4 is 28.8 Å². The smallest absolute Gasteiger partial charge is 0.236 e. The third kappa shape index (κ3) is 6.57. The minimum absolute atomic E-state index is 0.0662. The zero-order valence-corrected chi connectivity index (χ0v) is 16.3. The number of ether oxygens (including phenoxy) is 2. The van der Waals surface area contributed by atoms with Gasteiger partial charge in [0.25, 0.3) is 0 Å². The number of amides is 1. The van der Waals surface area contributed by atoms with Gasteiger partial charge >= 0.3 is 0 Å². The second-order valence-corrected chi connectivity index (χ2v) is 7.52. The van der Waals surface area contributed by atoms with E-state index >= 15 is 0 Å². The monoisotopic (exact) mass is 382 g/mol. The maximum absolute atomic E-state index is 12.3. The van der Waals surface area contributed by atoms with Gasteiger partial charge in [0.1, 0.15) is 18.1 Å². The molecule has 7 heteroatoms. The van der Waals surface area contributed by atoms with Gasteiger partial charge in [-0.05, 0) is 43.4 Å². The summed E-state index contributed by atoms with van der Waals surface area (Å²) in [5, 5.41) is 0. The minimum Gasteiger partial charge on any atom is -0.497 e. The van der Waals surface area contributed by atoms with Crippen LogP contribution in [0.4, 0.5) is 0 Å². The van der Waals surface area contributed by atoms with Gasteiger partial charge in [-0.15, -0.1) is 11.3 Å². The Bertz CT molecular complexity index is 675. The van der Waals surface area contributed by atoms with Gasteiger partial charge in [-0.25, -0.2) is 0 Å². The van der Waals surface area contributed by atoms with Gasteiger partial charge in [-0.1, -0.05) is 11.6 Å². The molecule has 0 aliphatic carbocycles. The van der Waals surface area contributed by atoms with E-state index in [9.17, 15) is 4.79 Å². The molecule has 0 saturated carbocycles. The quantitative estimate of drug-likeness (QED) is 0.666. The highest BCUT2D eigenvalue weighted by Crippen LogP contribution is 2.22. The van der Waals surface area contributed by atoms with Crippen LogP contribution in [0.3, 0.4) is 0 Å². The summed E-state index contributed by atoms with van der Waals surface area (Å²) in [5.41, 5.74) is 0. The summed E-state index contributed by atoms with van der Waals surface area (Å²) in [6, 6.07) is 11.2. The molecule has 5 nitrogen and oxygen atoms in total. The number of carbonyl (C=O) groups excluding carboxylic acids is 1. The molecule has 2 aromatic rings. The highest BCUT2D eigenvalue weighted by molar-refractivity contribution is 7.16. The van der Waals surface area contributed by atoms with Crippen molar-refractivity contribution in [3.63, 3.8) is 0 Å². The number of methoxy groups -OCH3 is 1. The first-order valence-corrected chi connectivity index (χ1v) is 9.11. The molecule has 1 aromatic heterocycles. The average Bonchev–Trinajstić information content (AvgIpc) is 3.00. The van der Waals surface area contributed by atoms with Gasteiger partial charge in [0.15, 0.2) is 0 Å². The summed E-state index contributed by atoms with van der Waals surface area (Å²) in [5.74, 6) is 1.65. The van der Waals surface area contributed by atoms with Crippen LogP contribution in [0.2, 0.25) is 4.34 Å². The number of rotatable bonds is 9. The molecule has 1 amide bonds. The molecule has 0 radical (unpaired) electrons. The molecule has 1 heterocycles. The van der Waals surface area contributed by atoms with E-state index in [1.54, 1.807) is 19.1 Å². The number of likely N-dealkylation sites (N-methyl/N-ethyl adjacent to an activating group) is 2. The van der Waals surface area contributed by atoms with Gasteiger partial charge in [-0.3, -0.25) is 9.69 Å². The Labute approximate surface area is 157 Å². The van der Waals surface area contributed by atoms with Gasteiger partial charge in [-0.2, -0.15) is 0 Å². The van der Waals surface area contributed by atoms with Crippen LogP contribution in [-0.4, -0.2) is 56.6 Å². The zero-order valence-electron chi connectivity index (χ0n) is 14.7. The van der Waals surface area contributed by atoms with Crippen molar-refractivity contribution in [2.45, 2.75) is 6.54 Å². The van der Waals surface area contributed by atoms with Crippen LogP contribution in [0.1, 0.15) is 4.88 Å². The van der Waals surface area contributed by atoms with Crippen molar-refractivity contribution < 1.29 is 14.3 Å². The fraction of sp³-hybridized carbons (Fsp3) is 0.389. The summed E-state index contributed by atoms with van der Waals surface area (Å²) < 4.78 is 11.5. The van der Waals surface area contributed by atoms with Crippen molar-refractivity contribution in [2.75, 3.05) is 40.9 Å². The van der Waals surface area contributed by atoms with E-state index in [1.165, 1.54) is 11.3 Å². The van der Waals surface area contributed by atoms with Gasteiger partial charge < -0.3 is 14.4 Å². The number of carbonyl (C=O) groups is 1. The zero-order chi connectivity index (χ0) is 18.2. The molecule has 0 bridgehead atoms. The molecule has 0 fully saturated rings. The Morgan fingerprint density at radius 2 is 1.80 bits per heavy atom. The van der Waals surface area contributed by atoms with Crippen molar-refractivity contribution in [3.05, 3.63) is 45.6 Å². The largest absolute Gasteiger partial charge is 0.497 e. The number of nitrogens with zero attached hydrogens (tertiary/aromatic N) is 2. The molecule has 136 valence electrons. The van der Waals surface area contributed by atoms with E-state index in [-0.39, 0.29) is 5.91 Å². The third-order valence-corrected chi connectivity index (χ3v) is 4.87. The Kier molecular flexibility index (Phi) is 7.55. The standard InChI is InChI=1S/C18H23ClN2O3S/c1-20(10-11-24-15-6-4-14(23-3)5-7-15)13-18(22)21(2)12-16-8-9-17(19)25-16/h4-9H,10-13H2,1-3H3. The van der Waals surface area contributed by atoms with Crippen LogP contribution >= 0.6 is 22.9 Å². The maximum Gasteiger partial charge on any atom is 0.236 e. The topological polar surface area (TPSA) is 42.0 Å². The summed E-state index contributed by atoms with van der Waals surface area (Å²) in [4.78, 5) is 17.0. The van der Waals surface area contributed by atoms with E-state index in [4.69, 9.17) is 21.1 Å². The fourth-order valence-corrected chi connectivity index (χ4v) is 3.32. The lowest BCUT2D eigenvalue weighted by atomic mass is 10.3. The summed E-state index contributed by atoms with van der Waals surface area (Å²) >= 11 is 7.41. The summed E-state index contributed by atoms with van der Waals surface area (Å²) in [6.07, 6.45) is 0. The van der Waals surface area contributed by atoms with E-state index in [0.717, 1.165) is 20.7 Å². The second-order valence-electron chi connectivity index (χ2n) is 5.72. The predicted octanol–water partition coefficient (Wildman–Crippen LogP) is 3.38. The number of halogens is 1. The van der Waals surface area contributed by atoms with Crippen molar-refractivity contribution in [2.24, 2.45) is 0 Å². The average molecular weight is 383 g/mol. The van der Waals surface area contributed by atoms with Crippen LogP contribution in [-0.2, 0) is 11.3 Å². The SMILES string of the molecule is COc1ccc(OCCN(C)CC(=O)N(C)Cc2ccc(Cl)s2)cc1. The van der Waals surface area contributed by atoms with Gasteiger partial charge in [0.05, 0.1) is 24.5 Å². The highest BCUT2D eigenvalue weighted by Gasteiger charge is 2.13. The lowest BCUT2D eigenvalue weighted by Crippen LogP contribution is -2.37. The number of hydrogen-bond donors (Lipinski definition) is 0. The van der Waals surface area contributed by atoms with Gasteiger partial charge in [0, 0.05) is 18.5 Å². The van der Waals surface area contributed by atoms with Crippen LogP contribution in [0.15, 0.2) is 36.4 Å². The molecule has 0 atom stereocenters. The Balaban J connectivity index is 1.69. The molecular formula is C18H23ClN2O3S. The minimum atomic E-state index is 0.0662. The third-order valence-electron chi connectivity index (χ3n) is 3.65. The number of hydrogen-bond acceptors (Lipinski definition) is 5. The molecule has 0 aliphatic rings. The first-order valence-electron chi connectivity index (χ1n) is 7.91. The predicted molar refractivity (Wildman–Crippen MR) is 102 cm³/mol. The molecule has 2 rings (SSSR count). The molecule has 0 aliphatic heterocycles. The van der Waals surface area contributed by atoms with E-state index in [0.29, 0.717) is 26.2 Å². The second kappa shape index (κ2) is 9.65. The molecule has 0 spiro atoms. The first-order chi connectivity index (χ1) is 12.0. The molecular weight excluding hydrogens is 360 g/mol. The lowest BCUT2D eigenvalue weighted by Gasteiger charge is -2.21. The van der Waals surface area contributed by atoms with Crippen molar-refractivity contribution in [1.82, 2.24) is 9.80 Å². The van der Waals surface area contributed by atoms with Crippen molar-refractivity contribution in [3.8, 4) is 11.5 Å².